The fourth-order valence-electron chi connectivity index (χ4n) is 3.99. The highest BCUT2D eigenvalue weighted by Crippen LogP contribution is 2.49. The molecule has 2 N–H and O–H groups in total. The number of rotatable bonds is 4. The number of hydrogen-bond acceptors (Lipinski definition) is 5. The average molecular weight is 387 g/mol. The number of halogens is 1. The molecule has 5 rings (SSSR count). The number of fused-ring (bicyclic) bond motifs is 2. The molecule has 3 heterocycles. The molecule has 0 saturated carbocycles. The summed E-state index contributed by atoms with van der Waals surface area (Å²) >= 11 is 0. The van der Waals surface area contributed by atoms with Gasteiger partial charge in [0.25, 0.3) is 0 Å². The second-order valence-electron chi connectivity index (χ2n) is 6.96. The number of nitrogens with zero attached hydrogens (tertiary/aromatic N) is 3. The van der Waals surface area contributed by atoms with Crippen LogP contribution >= 0.6 is 12.4 Å². The van der Waals surface area contributed by atoms with Crippen LogP contribution in [0.5, 0.6) is 17.2 Å². The van der Waals surface area contributed by atoms with Crippen LogP contribution in [-0.2, 0) is 6.54 Å². The minimum Gasteiger partial charge on any atom is -0.497 e. The van der Waals surface area contributed by atoms with Gasteiger partial charge in [0.05, 0.1) is 30.2 Å². The fraction of sp³-hybridized carbons (Fsp3) is 0.350. The minimum absolute atomic E-state index is 0. The van der Waals surface area contributed by atoms with Gasteiger partial charge in [-0.2, -0.15) is 5.10 Å². The Morgan fingerprint density at radius 2 is 1.96 bits per heavy atom. The molecule has 2 aliphatic rings. The van der Waals surface area contributed by atoms with Crippen molar-refractivity contribution in [3.8, 4) is 28.5 Å². The van der Waals surface area contributed by atoms with Crippen molar-refractivity contribution in [2.45, 2.75) is 19.4 Å². The molecule has 1 fully saturated rings. The van der Waals surface area contributed by atoms with Gasteiger partial charge in [0, 0.05) is 12.1 Å². The lowest BCUT2D eigenvalue weighted by Gasteiger charge is -2.18. The smallest absolute Gasteiger partial charge is 0.161 e. The summed E-state index contributed by atoms with van der Waals surface area (Å²) in [7, 11) is 1.67. The third-order valence-electron chi connectivity index (χ3n) is 5.38. The number of likely N-dealkylation sites (tertiary alicyclic amines) is 1. The zero-order valence-electron chi connectivity index (χ0n) is 15.3. The van der Waals surface area contributed by atoms with Crippen molar-refractivity contribution >= 4 is 29.0 Å². The first-order valence-electron chi connectivity index (χ1n) is 9.12. The van der Waals surface area contributed by atoms with E-state index in [0.29, 0.717) is 11.4 Å². The van der Waals surface area contributed by atoms with E-state index in [2.05, 4.69) is 9.58 Å². The number of hydrogen-bond donors (Lipinski definition) is 1. The molecule has 2 aliphatic heterocycles. The summed E-state index contributed by atoms with van der Waals surface area (Å²) in [5, 5.41) is 5.93. The predicted molar refractivity (Wildman–Crippen MR) is 109 cm³/mol. The molecule has 0 amide bonds. The minimum atomic E-state index is 0. The number of aromatic nitrogens is 2. The molecule has 0 aliphatic carbocycles. The van der Waals surface area contributed by atoms with Crippen LogP contribution in [0.15, 0.2) is 30.3 Å². The van der Waals surface area contributed by atoms with Crippen LogP contribution in [0.1, 0.15) is 12.8 Å². The van der Waals surface area contributed by atoms with E-state index < -0.39 is 0 Å². The number of nitrogen functional groups attached to an aromatic ring is 1. The summed E-state index contributed by atoms with van der Waals surface area (Å²) in [5.41, 5.74) is 9.78. The maximum Gasteiger partial charge on any atom is 0.161 e. The van der Waals surface area contributed by atoms with E-state index in [9.17, 15) is 0 Å². The Labute approximate surface area is 164 Å². The molecule has 0 spiro atoms. The SMILES string of the molecule is COc1ccc2c(c1)-c1nn(CCN3CCCC3)c3ccc(N)c(c13)O2.Cl. The first-order valence-corrected chi connectivity index (χ1v) is 9.12. The number of benzene rings is 2. The van der Waals surface area contributed by atoms with E-state index in [4.69, 9.17) is 20.3 Å². The summed E-state index contributed by atoms with van der Waals surface area (Å²) in [6, 6.07) is 9.74. The van der Waals surface area contributed by atoms with Gasteiger partial charge in [0.2, 0.25) is 0 Å². The molecule has 6 nitrogen and oxygen atoms in total. The number of ether oxygens (including phenoxy) is 2. The van der Waals surface area contributed by atoms with Gasteiger partial charge in [0.1, 0.15) is 17.2 Å². The molecule has 7 heteroatoms. The molecule has 0 atom stereocenters. The van der Waals surface area contributed by atoms with Crippen molar-refractivity contribution in [2.24, 2.45) is 0 Å². The maximum atomic E-state index is 6.20. The van der Waals surface area contributed by atoms with Crippen LogP contribution in [0.4, 0.5) is 5.69 Å². The quantitative estimate of drug-likeness (QED) is 0.538. The Morgan fingerprint density at radius 1 is 1.15 bits per heavy atom. The topological polar surface area (TPSA) is 65.5 Å². The molecule has 1 aromatic heterocycles. The van der Waals surface area contributed by atoms with E-state index in [1.165, 1.54) is 25.9 Å². The van der Waals surface area contributed by atoms with Gasteiger partial charge >= 0.3 is 0 Å². The van der Waals surface area contributed by atoms with Crippen molar-refractivity contribution in [1.29, 1.82) is 0 Å². The molecule has 0 radical (unpaired) electrons. The molecule has 3 aromatic rings. The lowest BCUT2D eigenvalue weighted by atomic mass is 10.0. The van der Waals surface area contributed by atoms with Gasteiger partial charge in [-0.1, -0.05) is 0 Å². The third kappa shape index (κ3) is 2.89. The largest absolute Gasteiger partial charge is 0.497 e. The summed E-state index contributed by atoms with van der Waals surface area (Å²) in [6.07, 6.45) is 2.60. The Balaban J connectivity index is 0.00000180. The van der Waals surface area contributed by atoms with Gasteiger partial charge < -0.3 is 20.1 Å². The molecular weight excluding hydrogens is 364 g/mol. The number of anilines is 1. The highest BCUT2D eigenvalue weighted by atomic mass is 35.5. The van der Waals surface area contributed by atoms with Crippen LogP contribution in [0.2, 0.25) is 0 Å². The molecule has 142 valence electrons. The van der Waals surface area contributed by atoms with Crippen LogP contribution in [0.25, 0.3) is 22.2 Å². The van der Waals surface area contributed by atoms with E-state index in [0.717, 1.165) is 46.7 Å². The summed E-state index contributed by atoms with van der Waals surface area (Å²) in [6.45, 7) is 4.25. The van der Waals surface area contributed by atoms with Crippen molar-refractivity contribution in [3.05, 3.63) is 30.3 Å². The Kier molecular flexibility index (Phi) is 4.61. The first-order chi connectivity index (χ1) is 12.7. The summed E-state index contributed by atoms with van der Waals surface area (Å²) in [4.78, 5) is 2.50. The van der Waals surface area contributed by atoms with Gasteiger partial charge in [0.15, 0.2) is 5.75 Å². The Morgan fingerprint density at radius 3 is 2.74 bits per heavy atom. The van der Waals surface area contributed by atoms with Crippen LogP contribution < -0.4 is 15.2 Å². The second kappa shape index (κ2) is 6.94. The highest BCUT2D eigenvalue weighted by molar-refractivity contribution is 6.04. The van der Waals surface area contributed by atoms with Crippen molar-refractivity contribution in [3.63, 3.8) is 0 Å². The lowest BCUT2D eigenvalue weighted by molar-refractivity contribution is 0.318. The number of nitrogens with two attached hydrogens (primary N) is 1. The molecular formula is C20H23ClN4O2. The van der Waals surface area contributed by atoms with Crippen molar-refractivity contribution in [2.75, 3.05) is 32.5 Å². The summed E-state index contributed by atoms with van der Waals surface area (Å²) in [5.74, 6) is 2.27. The third-order valence-corrected chi connectivity index (χ3v) is 5.38. The molecule has 27 heavy (non-hydrogen) atoms. The van der Waals surface area contributed by atoms with Gasteiger partial charge in [-0.15, -0.1) is 12.4 Å². The molecule has 2 aromatic carbocycles. The normalized spacial score (nSPS) is 15.3. The van der Waals surface area contributed by atoms with Crippen molar-refractivity contribution in [1.82, 2.24) is 14.7 Å². The fourth-order valence-corrected chi connectivity index (χ4v) is 3.99. The van der Waals surface area contributed by atoms with Crippen LogP contribution in [-0.4, -0.2) is 41.4 Å². The van der Waals surface area contributed by atoms with Gasteiger partial charge in [-0.25, -0.2) is 0 Å². The highest BCUT2D eigenvalue weighted by Gasteiger charge is 2.27. The van der Waals surface area contributed by atoms with Gasteiger partial charge in [-0.05, 0) is 56.3 Å². The van der Waals surface area contributed by atoms with E-state index >= 15 is 0 Å². The molecule has 1 saturated heterocycles. The standard InChI is InChI=1S/C20H22N4O2.ClH/c1-25-13-4-7-17-14(12-13)19-18-16(6-5-15(21)20(18)26-17)24(22-19)11-10-23-8-2-3-9-23;/h4-7,12H,2-3,8-11,21H2,1H3;1H. The molecule has 0 unspecified atom stereocenters. The average Bonchev–Trinajstić information content (AvgIpc) is 3.31. The van der Waals surface area contributed by atoms with Gasteiger partial charge in [-0.3, -0.25) is 4.68 Å². The zero-order valence-corrected chi connectivity index (χ0v) is 16.1. The van der Waals surface area contributed by atoms with Crippen molar-refractivity contribution < 1.29 is 9.47 Å². The molecule has 0 bridgehead atoms. The van der Waals surface area contributed by atoms with E-state index in [-0.39, 0.29) is 12.4 Å². The van der Waals surface area contributed by atoms with Crippen LogP contribution in [0.3, 0.4) is 0 Å². The van der Waals surface area contributed by atoms with Crippen LogP contribution in [0, 0.1) is 0 Å². The Bertz CT molecular complexity index is 995. The predicted octanol–water partition coefficient (Wildman–Crippen LogP) is 3.92. The van der Waals surface area contributed by atoms with E-state index in [1.807, 2.05) is 30.3 Å². The number of methoxy groups -OCH3 is 1. The summed E-state index contributed by atoms with van der Waals surface area (Å²) < 4.78 is 13.6. The second-order valence-corrected chi connectivity index (χ2v) is 6.96. The zero-order chi connectivity index (χ0) is 17.7. The Hall–Kier alpha value is -2.44. The van der Waals surface area contributed by atoms with E-state index in [1.54, 1.807) is 7.11 Å². The monoisotopic (exact) mass is 386 g/mol. The first kappa shape index (κ1) is 17.9. The lowest BCUT2D eigenvalue weighted by Crippen LogP contribution is -2.24. The maximum absolute atomic E-state index is 6.20.